The van der Waals surface area contributed by atoms with Crippen LogP contribution in [0.15, 0.2) is 0 Å². The van der Waals surface area contributed by atoms with Crippen molar-refractivity contribution in [1.29, 1.82) is 0 Å². The van der Waals surface area contributed by atoms with Crippen molar-refractivity contribution in [2.24, 2.45) is 5.92 Å². The molecule has 1 unspecified atom stereocenters. The average molecular weight is 246 g/mol. The van der Waals surface area contributed by atoms with Crippen molar-refractivity contribution in [3.63, 3.8) is 0 Å². The normalized spacial score (nSPS) is 26.9. The second-order valence-electron chi connectivity index (χ2n) is 5.05. The summed E-state index contributed by atoms with van der Waals surface area (Å²) in [4.78, 5) is 0. The quantitative estimate of drug-likeness (QED) is 0.730. The van der Waals surface area contributed by atoms with E-state index in [1.165, 1.54) is 19.3 Å². The molecule has 5 heteroatoms. The molecule has 1 atom stereocenters. The number of rotatable bonds is 6. The zero-order chi connectivity index (χ0) is 11.4. The van der Waals surface area contributed by atoms with Crippen LogP contribution in [0.25, 0.3) is 0 Å². The molecule has 0 aromatic rings. The Hall–Kier alpha value is -0.130. The zero-order valence-corrected chi connectivity index (χ0v) is 10.6. The van der Waals surface area contributed by atoms with E-state index in [-0.39, 0.29) is 11.8 Å². The minimum absolute atomic E-state index is 0.159. The van der Waals surface area contributed by atoms with Gasteiger partial charge in [-0.15, -0.1) is 0 Å². The Morgan fingerprint density at radius 1 is 1.19 bits per heavy atom. The third-order valence-electron chi connectivity index (χ3n) is 3.40. The molecule has 1 aliphatic carbocycles. The topological polar surface area (TPSA) is 58.2 Å². The van der Waals surface area contributed by atoms with Gasteiger partial charge in [0, 0.05) is 12.6 Å². The summed E-state index contributed by atoms with van der Waals surface area (Å²) in [5, 5.41) is 3.27. The van der Waals surface area contributed by atoms with Crippen molar-refractivity contribution in [2.45, 2.75) is 44.6 Å². The van der Waals surface area contributed by atoms with Crippen molar-refractivity contribution < 1.29 is 8.42 Å². The number of piperidine rings is 1. The smallest absolute Gasteiger partial charge is 0.213 e. The van der Waals surface area contributed by atoms with Gasteiger partial charge in [0.05, 0.1) is 5.75 Å². The van der Waals surface area contributed by atoms with Crippen LogP contribution in [0, 0.1) is 5.92 Å². The minimum atomic E-state index is -3.06. The predicted molar refractivity (Wildman–Crippen MR) is 64.8 cm³/mol. The number of sulfonamides is 1. The lowest BCUT2D eigenvalue weighted by Gasteiger charge is -2.23. The van der Waals surface area contributed by atoms with Gasteiger partial charge in [-0.1, -0.05) is 19.3 Å². The molecule has 0 radical (unpaired) electrons. The van der Waals surface area contributed by atoms with Gasteiger partial charge in [0.2, 0.25) is 10.0 Å². The summed E-state index contributed by atoms with van der Waals surface area (Å²) >= 11 is 0. The molecule has 16 heavy (non-hydrogen) atoms. The van der Waals surface area contributed by atoms with Crippen LogP contribution in [-0.4, -0.2) is 33.3 Å². The molecular formula is C11H22N2O2S. The van der Waals surface area contributed by atoms with E-state index in [2.05, 4.69) is 10.0 Å². The van der Waals surface area contributed by atoms with Gasteiger partial charge in [0.1, 0.15) is 0 Å². The Bertz CT molecular complexity index is 306. The van der Waals surface area contributed by atoms with Crippen LogP contribution in [0.4, 0.5) is 0 Å². The van der Waals surface area contributed by atoms with Crippen LogP contribution in [-0.2, 0) is 10.0 Å². The van der Waals surface area contributed by atoms with Gasteiger partial charge in [0.25, 0.3) is 0 Å². The molecule has 0 amide bonds. The Morgan fingerprint density at radius 3 is 2.62 bits per heavy atom. The molecule has 0 spiro atoms. The first-order valence-electron chi connectivity index (χ1n) is 6.36. The molecule has 1 aliphatic heterocycles. The van der Waals surface area contributed by atoms with Gasteiger partial charge in [-0.2, -0.15) is 0 Å². The highest BCUT2D eigenvalue weighted by Gasteiger charge is 2.23. The fourth-order valence-electron chi connectivity index (χ4n) is 2.22. The molecule has 2 fully saturated rings. The molecule has 4 nitrogen and oxygen atoms in total. The first-order valence-corrected chi connectivity index (χ1v) is 8.02. The molecule has 2 rings (SSSR count). The molecule has 0 aromatic heterocycles. The lowest BCUT2D eigenvalue weighted by molar-refractivity contribution is 0.422. The van der Waals surface area contributed by atoms with Crippen LogP contribution in [0.3, 0.4) is 0 Å². The minimum Gasteiger partial charge on any atom is -0.313 e. The van der Waals surface area contributed by atoms with Crippen molar-refractivity contribution in [3.05, 3.63) is 0 Å². The molecular weight excluding hydrogens is 224 g/mol. The Morgan fingerprint density at radius 2 is 2.00 bits per heavy atom. The third kappa shape index (κ3) is 4.39. The van der Waals surface area contributed by atoms with E-state index >= 15 is 0 Å². The first-order chi connectivity index (χ1) is 7.66. The highest BCUT2D eigenvalue weighted by atomic mass is 32.2. The summed E-state index contributed by atoms with van der Waals surface area (Å²) in [6.07, 6.45) is 6.89. The van der Waals surface area contributed by atoms with Crippen LogP contribution in [0.2, 0.25) is 0 Å². The van der Waals surface area contributed by atoms with Crippen molar-refractivity contribution in [1.82, 2.24) is 10.0 Å². The molecule has 94 valence electrons. The maximum Gasteiger partial charge on any atom is 0.213 e. The SMILES string of the molecule is O=S(=O)(CC1CCCCN1)NCCC1CC1. The lowest BCUT2D eigenvalue weighted by Crippen LogP contribution is -2.42. The highest BCUT2D eigenvalue weighted by Crippen LogP contribution is 2.31. The van der Waals surface area contributed by atoms with Gasteiger partial charge in [-0.3, -0.25) is 0 Å². The molecule has 0 aromatic carbocycles. The third-order valence-corrected chi connectivity index (χ3v) is 4.89. The van der Waals surface area contributed by atoms with E-state index in [0.29, 0.717) is 6.54 Å². The maximum absolute atomic E-state index is 11.7. The van der Waals surface area contributed by atoms with Crippen LogP contribution >= 0.6 is 0 Å². The Kier molecular flexibility index (Phi) is 4.21. The molecule has 2 N–H and O–H groups in total. The average Bonchev–Trinajstić information content (AvgIpc) is 3.02. The summed E-state index contributed by atoms with van der Waals surface area (Å²) in [5.74, 6) is 1.04. The lowest BCUT2D eigenvalue weighted by atomic mass is 10.1. The molecule has 1 saturated heterocycles. The molecule has 1 heterocycles. The van der Waals surface area contributed by atoms with E-state index in [4.69, 9.17) is 0 Å². The first kappa shape index (κ1) is 12.3. The van der Waals surface area contributed by atoms with Gasteiger partial charge in [0.15, 0.2) is 0 Å². The Labute approximate surface area is 98.2 Å². The molecule has 2 aliphatic rings. The summed E-state index contributed by atoms with van der Waals surface area (Å²) in [6.45, 7) is 1.59. The van der Waals surface area contributed by atoms with Crippen molar-refractivity contribution in [2.75, 3.05) is 18.8 Å². The van der Waals surface area contributed by atoms with Gasteiger partial charge in [-0.05, 0) is 31.7 Å². The Balaban J connectivity index is 1.68. The van der Waals surface area contributed by atoms with Crippen molar-refractivity contribution >= 4 is 10.0 Å². The molecule has 1 saturated carbocycles. The standard InChI is InChI=1S/C11H22N2O2S/c14-16(15,13-8-6-10-4-5-10)9-11-3-1-2-7-12-11/h10-13H,1-9H2. The van der Waals surface area contributed by atoms with Gasteiger partial charge < -0.3 is 5.32 Å². The predicted octanol–water partition coefficient (Wildman–Crippen LogP) is 0.848. The van der Waals surface area contributed by atoms with Crippen LogP contribution < -0.4 is 10.0 Å². The maximum atomic E-state index is 11.7. The highest BCUT2D eigenvalue weighted by molar-refractivity contribution is 7.89. The summed E-state index contributed by atoms with van der Waals surface area (Å²) in [5.41, 5.74) is 0. The fraction of sp³-hybridized carbons (Fsp3) is 1.00. The number of nitrogens with one attached hydrogen (secondary N) is 2. The number of hydrogen-bond donors (Lipinski definition) is 2. The monoisotopic (exact) mass is 246 g/mol. The van der Waals surface area contributed by atoms with E-state index in [0.717, 1.165) is 31.7 Å². The summed E-state index contributed by atoms with van der Waals surface area (Å²) in [6, 6.07) is 0.159. The van der Waals surface area contributed by atoms with E-state index in [1.54, 1.807) is 0 Å². The van der Waals surface area contributed by atoms with E-state index in [9.17, 15) is 8.42 Å². The summed E-state index contributed by atoms with van der Waals surface area (Å²) in [7, 11) is -3.06. The zero-order valence-electron chi connectivity index (χ0n) is 9.74. The van der Waals surface area contributed by atoms with Crippen molar-refractivity contribution in [3.8, 4) is 0 Å². The van der Waals surface area contributed by atoms with Gasteiger partial charge in [-0.25, -0.2) is 13.1 Å². The summed E-state index contributed by atoms with van der Waals surface area (Å²) < 4.78 is 26.2. The van der Waals surface area contributed by atoms with Crippen LogP contribution in [0.1, 0.15) is 38.5 Å². The second kappa shape index (κ2) is 5.47. The molecule has 0 bridgehead atoms. The largest absolute Gasteiger partial charge is 0.313 e. The van der Waals surface area contributed by atoms with E-state index < -0.39 is 10.0 Å². The van der Waals surface area contributed by atoms with Crippen LogP contribution in [0.5, 0.6) is 0 Å². The fourth-order valence-corrected chi connectivity index (χ4v) is 3.58. The number of hydrogen-bond acceptors (Lipinski definition) is 3. The van der Waals surface area contributed by atoms with Gasteiger partial charge >= 0.3 is 0 Å². The van der Waals surface area contributed by atoms with E-state index in [1.807, 2.05) is 0 Å². The second-order valence-corrected chi connectivity index (χ2v) is 6.91.